The lowest BCUT2D eigenvalue weighted by Gasteiger charge is -2.34. The Morgan fingerprint density at radius 2 is 1.83 bits per heavy atom. The summed E-state index contributed by atoms with van der Waals surface area (Å²) in [6.07, 6.45) is 0. The van der Waals surface area contributed by atoms with Crippen molar-refractivity contribution in [1.29, 1.82) is 0 Å². The van der Waals surface area contributed by atoms with E-state index in [9.17, 15) is 9.59 Å². The number of piperazine rings is 1. The van der Waals surface area contributed by atoms with E-state index in [2.05, 4.69) is 10.2 Å². The molecule has 1 aromatic carbocycles. The Labute approximate surface area is 145 Å². The molecule has 0 saturated carbocycles. The van der Waals surface area contributed by atoms with Gasteiger partial charge in [0, 0.05) is 31.9 Å². The highest BCUT2D eigenvalue weighted by Crippen LogP contribution is 2.15. The standard InChI is InChI=1S/C18H21N3O2S/c1-14-5-2-3-6-15(14)19-18(23)21-10-8-20(9-11-21)13-16(22)17-7-4-12-24-17/h2-7,12H,8-11,13H2,1H3,(H,19,23). The minimum Gasteiger partial charge on any atom is -0.322 e. The first-order chi connectivity index (χ1) is 11.6. The molecule has 3 rings (SSSR count). The molecule has 0 bridgehead atoms. The van der Waals surface area contributed by atoms with E-state index in [1.54, 1.807) is 4.90 Å². The Morgan fingerprint density at radius 1 is 1.08 bits per heavy atom. The predicted octanol–water partition coefficient (Wildman–Crippen LogP) is 3.09. The molecule has 2 amide bonds. The molecule has 0 unspecified atom stereocenters. The number of aryl methyl sites for hydroxylation is 1. The van der Waals surface area contributed by atoms with Crippen molar-refractivity contribution >= 4 is 28.8 Å². The van der Waals surface area contributed by atoms with Crippen LogP contribution in [0.2, 0.25) is 0 Å². The lowest BCUT2D eigenvalue weighted by Crippen LogP contribution is -2.51. The van der Waals surface area contributed by atoms with Gasteiger partial charge in [-0.15, -0.1) is 11.3 Å². The monoisotopic (exact) mass is 343 g/mol. The smallest absolute Gasteiger partial charge is 0.321 e. The number of carbonyl (C=O) groups is 2. The number of carbonyl (C=O) groups excluding carboxylic acids is 2. The van der Waals surface area contributed by atoms with E-state index in [0.717, 1.165) is 29.2 Å². The van der Waals surface area contributed by atoms with Crippen molar-refractivity contribution < 1.29 is 9.59 Å². The fourth-order valence-corrected chi connectivity index (χ4v) is 3.39. The second kappa shape index (κ2) is 7.59. The van der Waals surface area contributed by atoms with Gasteiger partial charge in [-0.05, 0) is 30.0 Å². The zero-order valence-corrected chi connectivity index (χ0v) is 14.5. The van der Waals surface area contributed by atoms with Crippen LogP contribution in [-0.2, 0) is 0 Å². The number of thiophene rings is 1. The maximum atomic E-state index is 12.4. The Bertz CT molecular complexity index is 707. The first kappa shape index (κ1) is 16.7. The number of Topliss-reactive ketones (excluding diaryl/α,β-unsaturated/α-hetero) is 1. The highest BCUT2D eigenvalue weighted by atomic mass is 32.1. The molecule has 6 heteroatoms. The van der Waals surface area contributed by atoms with Gasteiger partial charge in [-0.3, -0.25) is 9.69 Å². The van der Waals surface area contributed by atoms with E-state index < -0.39 is 0 Å². The van der Waals surface area contributed by atoms with Crippen LogP contribution in [0.4, 0.5) is 10.5 Å². The maximum Gasteiger partial charge on any atom is 0.321 e. The van der Waals surface area contributed by atoms with Crippen LogP contribution < -0.4 is 5.32 Å². The molecule has 0 radical (unpaired) electrons. The number of para-hydroxylation sites is 1. The summed E-state index contributed by atoms with van der Waals surface area (Å²) in [7, 11) is 0. The molecular formula is C18H21N3O2S. The summed E-state index contributed by atoms with van der Waals surface area (Å²) in [6, 6.07) is 11.4. The third-order valence-electron chi connectivity index (χ3n) is 4.21. The van der Waals surface area contributed by atoms with Crippen molar-refractivity contribution in [3.8, 4) is 0 Å². The number of urea groups is 1. The van der Waals surface area contributed by atoms with Crippen molar-refractivity contribution in [2.75, 3.05) is 38.0 Å². The fraction of sp³-hybridized carbons (Fsp3) is 0.333. The Kier molecular flexibility index (Phi) is 5.27. The van der Waals surface area contributed by atoms with E-state index in [1.807, 2.05) is 48.7 Å². The quantitative estimate of drug-likeness (QED) is 0.868. The number of nitrogens with one attached hydrogen (secondary N) is 1. The second-order valence-electron chi connectivity index (χ2n) is 5.91. The van der Waals surface area contributed by atoms with Gasteiger partial charge in [-0.25, -0.2) is 4.79 Å². The third kappa shape index (κ3) is 4.01. The van der Waals surface area contributed by atoms with Crippen LogP contribution in [0.1, 0.15) is 15.2 Å². The minimum absolute atomic E-state index is 0.0754. The van der Waals surface area contributed by atoms with Crippen LogP contribution in [0.25, 0.3) is 0 Å². The summed E-state index contributed by atoms with van der Waals surface area (Å²) in [4.78, 5) is 29.2. The van der Waals surface area contributed by atoms with Gasteiger partial charge in [0.15, 0.2) is 5.78 Å². The Morgan fingerprint density at radius 3 is 2.50 bits per heavy atom. The van der Waals surface area contributed by atoms with Gasteiger partial charge in [0.2, 0.25) is 0 Å². The number of nitrogens with zero attached hydrogens (tertiary/aromatic N) is 2. The highest BCUT2D eigenvalue weighted by Gasteiger charge is 2.23. The number of benzene rings is 1. The van der Waals surface area contributed by atoms with Gasteiger partial charge in [0.25, 0.3) is 0 Å². The van der Waals surface area contributed by atoms with Crippen LogP contribution >= 0.6 is 11.3 Å². The molecule has 1 N–H and O–H groups in total. The molecular weight excluding hydrogens is 322 g/mol. The van der Waals surface area contributed by atoms with Crippen molar-refractivity contribution in [1.82, 2.24) is 9.80 Å². The fourth-order valence-electron chi connectivity index (χ4n) is 2.73. The molecule has 1 fully saturated rings. The lowest BCUT2D eigenvalue weighted by atomic mass is 10.2. The Hall–Kier alpha value is -2.18. The van der Waals surface area contributed by atoms with Crippen LogP contribution in [0.15, 0.2) is 41.8 Å². The summed E-state index contributed by atoms with van der Waals surface area (Å²) < 4.78 is 0. The average molecular weight is 343 g/mol. The number of anilines is 1. The molecule has 1 aliphatic heterocycles. The van der Waals surface area contributed by atoms with Crippen molar-refractivity contribution in [2.45, 2.75) is 6.92 Å². The van der Waals surface area contributed by atoms with E-state index in [4.69, 9.17) is 0 Å². The lowest BCUT2D eigenvalue weighted by molar-refractivity contribution is 0.0887. The van der Waals surface area contributed by atoms with Gasteiger partial charge < -0.3 is 10.2 Å². The summed E-state index contributed by atoms with van der Waals surface area (Å²) in [5.41, 5.74) is 1.89. The van der Waals surface area contributed by atoms with E-state index in [-0.39, 0.29) is 11.8 Å². The number of hydrogen-bond acceptors (Lipinski definition) is 4. The molecule has 126 valence electrons. The molecule has 0 aliphatic carbocycles. The SMILES string of the molecule is Cc1ccccc1NC(=O)N1CCN(CC(=O)c2cccs2)CC1. The van der Waals surface area contributed by atoms with E-state index in [0.29, 0.717) is 19.6 Å². The van der Waals surface area contributed by atoms with E-state index in [1.165, 1.54) is 11.3 Å². The second-order valence-corrected chi connectivity index (χ2v) is 6.86. The highest BCUT2D eigenvalue weighted by molar-refractivity contribution is 7.12. The number of hydrogen-bond donors (Lipinski definition) is 1. The molecule has 5 nitrogen and oxygen atoms in total. The molecule has 0 spiro atoms. The zero-order chi connectivity index (χ0) is 16.9. The van der Waals surface area contributed by atoms with Gasteiger partial charge >= 0.3 is 6.03 Å². The summed E-state index contributed by atoms with van der Waals surface area (Å²) in [6.45, 7) is 5.11. The summed E-state index contributed by atoms with van der Waals surface area (Å²) in [5.74, 6) is 0.155. The zero-order valence-electron chi connectivity index (χ0n) is 13.7. The summed E-state index contributed by atoms with van der Waals surface area (Å²) >= 11 is 1.48. The molecule has 1 saturated heterocycles. The largest absolute Gasteiger partial charge is 0.322 e. The number of rotatable bonds is 4. The van der Waals surface area contributed by atoms with Gasteiger partial charge in [0.05, 0.1) is 11.4 Å². The molecule has 1 aliphatic rings. The summed E-state index contributed by atoms with van der Waals surface area (Å²) in [5, 5.41) is 4.88. The number of amides is 2. The van der Waals surface area contributed by atoms with Gasteiger partial charge in [-0.1, -0.05) is 24.3 Å². The average Bonchev–Trinajstić information content (AvgIpc) is 3.12. The van der Waals surface area contributed by atoms with E-state index >= 15 is 0 Å². The van der Waals surface area contributed by atoms with Gasteiger partial charge in [0.1, 0.15) is 0 Å². The van der Waals surface area contributed by atoms with Crippen molar-refractivity contribution in [3.63, 3.8) is 0 Å². The first-order valence-electron chi connectivity index (χ1n) is 8.04. The van der Waals surface area contributed by atoms with Crippen LogP contribution in [0, 0.1) is 6.92 Å². The topological polar surface area (TPSA) is 52.7 Å². The molecule has 0 atom stereocenters. The molecule has 24 heavy (non-hydrogen) atoms. The predicted molar refractivity (Wildman–Crippen MR) is 96.9 cm³/mol. The molecule has 2 aromatic rings. The van der Waals surface area contributed by atoms with Crippen LogP contribution in [0.5, 0.6) is 0 Å². The third-order valence-corrected chi connectivity index (χ3v) is 5.12. The molecule has 1 aromatic heterocycles. The van der Waals surface area contributed by atoms with Crippen molar-refractivity contribution in [2.24, 2.45) is 0 Å². The van der Waals surface area contributed by atoms with Crippen LogP contribution in [-0.4, -0.2) is 54.3 Å². The van der Waals surface area contributed by atoms with Crippen molar-refractivity contribution in [3.05, 3.63) is 52.2 Å². The first-order valence-corrected chi connectivity index (χ1v) is 8.92. The Balaban J connectivity index is 1.49. The van der Waals surface area contributed by atoms with Crippen LogP contribution in [0.3, 0.4) is 0 Å². The van der Waals surface area contributed by atoms with Gasteiger partial charge in [-0.2, -0.15) is 0 Å². The maximum absolute atomic E-state index is 12.4. The number of ketones is 1. The molecule has 2 heterocycles. The minimum atomic E-state index is -0.0754. The normalized spacial score (nSPS) is 15.3.